The molecule has 0 radical (unpaired) electrons. The first-order valence-corrected chi connectivity index (χ1v) is 4.81. The van der Waals surface area contributed by atoms with E-state index in [2.05, 4.69) is 6.92 Å². The van der Waals surface area contributed by atoms with E-state index in [1.807, 2.05) is 4.90 Å². The van der Waals surface area contributed by atoms with Gasteiger partial charge in [0.1, 0.15) is 0 Å². The minimum Gasteiger partial charge on any atom is -0.351 e. The van der Waals surface area contributed by atoms with E-state index in [-0.39, 0.29) is 6.03 Å². The lowest BCUT2D eigenvalue weighted by atomic mass is 9.99. The van der Waals surface area contributed by atoms with Crippen molar-refractivity contribution in [2.45, 2.75) is 45.1 Å². The highest BCUT2D eigenvalue weighted by molar-refractivity contribution is 5.72. The third kappa shape index (κ3) is 2.13. The van der Waals surface area contributed by atoms with E-state index >= 15 is 0 Å². The Morgan fingerprint density at radius 3 is 2.92 bits per heavy atom. The van der Waals surface area contributed by atoms with Gasteiger partial charge in [0.2, 0.25) is 0 Å². The van der Waals surface area contributed by atoms with E-state index in [0.29, 0.717) is 6.04 Å². The summed E-state index contributed by atoms with van der Waals surface area (Å²) in [5.41, 5.74) is 5.27. The molecule has 0 aliphatic carbocycles. The van der Waals surface area contributed by atoms with Gasteiger partial charge < -0.3 is 10.6 Å². The highest BCUT2D eigenvalue weighted by Crippen LogP contribution is 2.19. The predicted octanol–water partition coefficient (Wildman–Crippen LogP) is 1.72. The maximum absolute atomic E-state index is 11.0. The molecule has 0 saturated carbocycles. The van der Waals surface area contributed by atoms with E-state index in [1.165, 1.54) is 6.42 Å². The van der Waals surface area contributed by atoms with Crippen LogP contribution in [-0.2, 0) is 0 Å². The molecule has 1 fully saturated rings. The van der Waals surface area contributed by atoms with Crippen LogP contribution in [0.25, 0.3) is 0 Å². The van der Waals surface area contributed by atoms with Gasteiger partial charge in [-0.25, -0.2) is 4.79 Å². The highest BCUT2D eigenvalue weighted by Gasteiger charge is 2.23. The first kappa shape index (κ1) is 9.36. The molecule has 0 aromatic carbocycles. The van der Waals surface area contributed by atoms with Crippen LogP contribution in [0.4, 0.5) is 4.79 Å². The zero-order valence-electron chi connectivity index (χ0n) is 7.75. The number of nitrogens with zero attached hydrogens (tertiary/aromatic N) is 1. The molecule has 1 saturated heterocycles. The summed E-state index contributed by atoms with van der Waals surface area (Å²) in [6.07, 6.45) is 5.73. The molecule has 1 atom stereocenters. The Bertz CT molecular complexity index is 157. The predicted molar refractivity (Wildman–Crippen MR) is 48.8 cm³/mol. The van der Waals surface area contributed by atoms with Gasteiger partial charge in [0, 0.05) is 12.6 Å². The number of likely N-dealkylation sites (tertiary alicyclic amines) is 1. The average molecular weight is 170 g/mol. The van der Waals surface area contributed by atoms with E-state index in [0.717, 1.165) is 32.2 Å². The number of nitrogens with two attached hydrogens (primary N) is 1. The Hall–Kier alpha value is -0.730. The summed E-state index contributed by atoms with van der Waals surface area (Å²) in [5, 5.41) is 0. The van der Waals surface area contributed by atoms with Crippen molar-refractivity contribution in [2.24, 2.45) is 5.73 Å². The molecule has 1 heterocycles. The number of urea groups is 1. The lowest BCUT2D eigenvalue weighted by molar-refractivity contribution is 0.154. The third-order valence-electron chi connectivity index (χ3n) is 2.53. The van der Waals surface area contributed by atoms with Crippen LogP contribution in [0.2, 0.25) is 0 Å². The minimum atomic E-state index is -0.242. The number of carbonyl (C=O) groups excluding carboxylic acids is 1. The number of hydrogen-bond donors (Lipinski definition) is 1. The largest absolute Gasteiger partial charge is 0.351 e. The molecule has 0 unspecified atom stereocenters. The van der Waals surface area contributed by atoms with Crippen molar-refractivity contribution in [3.8, 4) is 0 Å². The molecule has 1 aliphatic heterocycles. The topological polar surface area (TPSA) is 46.3 Å². The summed E-state index contributed by atoms with van der Waals surface area (Å²) >= 11 is 0. The standard InChI is InChI=1S/C9H18N2O/c1-2-5-8-6-3-4-7-11(8)9(10)12/h8H,2-7H2,1H3,(H2,10,12)/t8-/m0/s1. The smallest absolute Gasteiger partial charge is 0.315 e. The van der Waals surface area contributed by atoms with Crippen molar-refractivity contribution in [3.05, 3.63) is 0 Å². The van der Waals surface area contributed by atoms with Crippen molar-refractivity contribution < 1.29 is 4.79 Å². The normalized spacial score (nSPS) is 24.1. The molecule has 2 N–H and O–H groups in total. The fraction of sp³-hybridized carbons (Fsp3) is 0.889. The minimum absolute atomic E-state index is 0.242. The quantitative estimate of drug-likeness (QED) is 0.674. The van der Waals surface area contributed by atoms with Crippen molar-refractivity contribution >= 4 is 6.03 Å². The summed E-state index contributed by atoms with van der Waals surface area (Å²) in [7, 11) is 0. The van der Waals surface area contributed by atoms with Gasteiger partial charge in [-0.1, -0.05) is 13.3 Å². The third-order valence-corrected chi connectivity index (χ3v) is 2.53. The molecule has 0 spiro atoms. The fourth-order valence-electron chi connectivity index (χ4n) is 1.92. The Morgan fingerprint density at radius 2 is 2.33 bits per heavy atom. The summed E-state index contributed by atoms with van der Waals surface area (Å²) in [4.78, 5) is 12.8. The summed E-state index contributed by atoms with van der Waals surface area (Å²) in [5.74, 6) is 0. The van der Waals surface area contributed by atoms with Gasteiger partial charge in [-0.3, -0.25) is 0 Å². The molecule has 1 rings (SSSR count). The zero-order chi connectivity index (χ0) is 8.97. The summed E-state index contributed by atoms with van der Waals surface area (Å²) in [6, 6.07) is 0.175. The van der Waals surface area contributed by atoms with Crippen LogP contribution in [0.3, 0.4) is 0 Å². The summed E-state index contributed by atoms with van der Waals surface area (Å²) < 4.78 is 0. The number of carbonyl (C=O) groups is 1. The number of amides is 2. The second-order valence-electron chi connectivity index (χ2n) is 3.47. The van der Waals surface area contributed by atoms with Crippen molar-refractivity contribution in [3.63, 3.8) is 0 Å². The van der Waals surface area contributed by atoms with Crippen LogP contribution in [0.15, 0.2) is 0 Å². The maximum atomic E-state index is 11.0. The number of piperidine rings is 1. The molecule has 0 aromatic heterocycles. The molecular formula is C9H18N2O. The average Bonchev–Trinajstić information content (AvgIpc) is 2.05. The molecule has 2 amide bonds. The molecule has 70 valence electrons. The second-order valence-corrected chi connectivity index (χ2v) is 3.47. The Morgan fingerprint density at radius 1 is 1.58 bits per heavy atom. The molecular weight excluding hydrogens is 152 g/mol. The van der Waals surface area contributed by atoms with Crippen LogP contribution in [0, 0.1) is 0 Å². The highest BCUT2D eigenvalue weighted by atomic mass is 16.2. The lowest BCUT2D eigenvalue weighted by Gasteiger charge is -2.34. The number of rotatable bonds is 2. The first-order valence-electron chi connectivity index (χ1n) is 4.81. The SMILES string of the molecule is CCC[C@H]1CCCCN1C(N)=O. The van der Waals surface area contributed by atoms with Crippen LogP contribution >= 0.6 is 0 Å². The monoisotopic (exact) mass is 170 g/mol. The number of primary amides is 1. The second kappa shape index (κ2) is 4.33. The van der Waals surface area contributed by atoms with Gasteiger partial charge in [-0.2, -0.15) is 0 Å². The van der Waals surface area contributed by atoms with Crippen LogP contribution in [0.5, 0.6) is 0 Å². The molecule has 12 heavy (non-hydrogen) atoms. The Kier molecular flexibility index (Phi) is 3.38. The molecule has 0 aromatic rings. The van der Waals surface area contributed by atoms with Gasteiger partial charge in [0.15, 0.2) is 0 Å². The van der Waals surface area contributed by atoms with Crippen molar-refractivity contribution in [1.29, 1.82) is 0 Å². The van der Waals surface area contributed by atoms with Gasteiger partial charge >= 0.3 is 6.03 Å². The van der Waals surface area contributed by atoms with Crippen molar-refractivity contribution in [2.75, 3.05) is 6.54 Å². The van der Waals surface area contributed by atoms with Crippen molar-refractivity contribution in [1.82, 2.24) is 4.90 Å². The lowest BCUT2D eigenvalue weighted by Crippen LogP contribution is -2.46. The van der Waals surface area contributed by atoms with E-state index in [4.69, 9.17) is 5.73 Å². The number of hydrogen-bond acceptors (Lipinski definition) is 1. The van der Waals surface area contributed by atoms with Crippen LogP contribution in [0.1, 0.15) is 39.0 Å². The molecule has 1 aliphatic rings. The first-order chi connectivity index (χ1) is 5.75. The molecule has 3 heteroatoms. The van der Waals surface area contributed by atoms with E-state index < -0.39 is 0 Å². The Balaban J connectivity index is 2.48. The van der Waals surface area contributed by atoms with Gasteiger partial charge in [0.25, 0.3) is 0 Å². The van der Waals surface area contributed by atoms with E-state index in [9.17, 15) is 4.79 Å². The van der Waals surface area contributed by atoms with E-state index in [1.54, 1.807) is 0 Å². The zero-order valence-corrected chi connectivity index (χ0v) is 7.75. The Labute approximate surface area is 73.9 Å². The van der Waals surface area contributed by atoms with Crippen LogP contribution in [-0.4, -0.2) is 23.5 Å². The molecule has 0 bridgehead atoms. The van der Waals surface area contributed by atoms with Gasteiger partial charge in [-0.15, -0.1) is 0 Å². The van der Waals surface area contributed by atoms with Crippen LogP contribution < -0.4 is 5.73 Å². The molecule has 3 nitrogen and oxygen atoms in total. The maximum Gasteiger partial charge on any atom is 0.315 e. The van der Waals surface area contributed by atoms with Gasteiger partial charge in [-0.05, 0) is 25.7 Å². The fourth-order valence-corrected chi connectivity index (χ4v) is 1.92. The summed E-state index contributed by atoms with van der Waals surface area (Å²) in [6.45, 7) is 3.01. The van der Waals surface area contributed by atoms with Gasteiger partial charge in [0.05, 0.1) is 0 Å².